The van der Waals surface area contributed by atoms with E-state index in [-0.39, 0.29) is 25.0 Å². The first-order valence-corrected chi connectivity index (χ1v) is 10.3. The molecule has 0 aliphatic carbocycles. The molecular weight excluding hydrogens is 388 g/mol. The highest BCUT2D eigenvalue weighted by Crippen LogP contribution is 2.21. The van der Waals surface area contributed by atoms with Gasteiger partial charge in [0.05, 0.1) is 0 Å². The van der Waals surface area contributed by atoms with Gasteiger partial charge < -0.3 is 15.0 Å². The van der Waals surface area contributed by atoms with Crippen molar-refractivity contribution >= 4 is 23.4 Å². The number of nitrogens with zero attached hydrogens (tertiary/aromatic N) is 1. The zero-order chi connectivity index (χ0) is 21.4. The number of rotatable bonds is 9. The van der Waals surface area contributed by atoms with Crippen molar-refractivity contribution in [2.45, 2.75) is 46.7 Å². The Hall–Kier alpha value is -2.53. The van der Waals surface area contributed by atoms with Gasteiger partial charge in [0, 0.05) is 18.1 Å². The molecule has 0 aliphatic rings. The number of aryl methyl sites for hydroxylation is 2. The molecule has 29 heavy (non-hydrogen) atoms. The van der Waals surface area contributed by atoms with Crippen LogP contribution in [0.1, 0.15) is 37.0 Å². The molecule has 156 valence electrons. The largest absolute Gasteiger partial charge is 0.484 e. The molecule has 2 aromatic carbocycles. The van der Waals surface area contributed by atoms with Gasteiger partial charge in [0.15, 0.2) is 6.61 Å². The lowest BCUT2D eigenvalue weighted by Crippen LogP contribution is -2.50. The van der Waals surface area contributed by atoms with Gasteiger partial charge in [-0.1, -0.05) is 42.8 Å². The van der Waals surface area contributed by atoms with Crippen molar-refractivity contribution in [2.24, 2.45) is 0 Å². The summed E-state index contributed by atoms with van der Waals surface area (Å²) >= 11 is 6.30. The maximum atomic E-state index is 13.1. The second-order valence-electron chi connectivity index (χ2n) is 6.97. The van der Waals surface area contributed by atoms with Gasteiger partial charge in [-0.15, -0.1) is 0 Å². The third-order valence-corrected chi connectivity index (χ3v) is 5.24. The van der Waals surface area contributed by atoms with E-state index in [9.17, 15) is 9.59 Å². The van der Waals surface area contributed by atoms with Crippen molar-refractivity contribution in [3.05, 3.63) is 64.2 Å². The minimum atomic E-state index is -0.595. The summed E-state index contributed by atoms with van der Waals surface area (Å²) in [6.45, 7) is 8.35. The predicted molar refractivity (Wildman–Crippen MR) is 116 cm³/mol. The van der Waals surface area contributed by atoms with Gasteiger partial charge in [-0.2, -0.15) is 0 Å². The highest BCUT2D eigenvalue weighted by molar-refractivity contribution is 6.31. The number of amides is 2. The molecule has 0 saturated heterocycles. The molecule has 1 N–H and O–H groups in total. The van der Waals surface area contributed by atoms with Crippen molar-refractivity contribution in [1.82, 2.24) is 10.2 Å². The first-order valence-electron chi connectivity index (χ1n) is 9.88. The van der Waals surface area contributed by atoms with Gasteiger partial charge in [0.2, 0.25) is 5.91 Å². The number of likely N-dealkylation sites (N-methyl/N-ethyl adjacent to an activating group) is 1. The molecule has 0 unspecified atom stereocenters. The van der Waals surface area contributed by atoms with E-state index in [4.69, 9.17) is 16.3 Å². The fraction of sp³-hybridized carbons (Fsp3) is 0.391. The second kappa shape index (κ2) is 10.9. The van der Waals surface area contributed by atoms with Crippen LogP contribution in [-0.2, 0) is 16.1 Å². The van der Waals surface area contributed by atoms with E-state index in [0.717, 1.165) is 16.7 Å². The third kappa shape index (κ3) is 6.23. The second-order valence-corrected chi connectivity index (χ2v) is 7.37. The summed E-state index contributed by atoms with van der Waals surface area (Å²) in [5, 5.41) is 3.37. The first-order chi connectivity index (χ1) is 13.9. The first kappa shape index (κ1) is 22.8. The smallest absolute Gasteiger partial charge is 0.261 e. The fourth-order valence-electron chi connectivity index (χ4n) is 3.05. The summed E-state index contributed by atoms with van der Waals surface area (Å²) in [4.78, 5) is 27.2. The maximum Gasteiger partial charge on any atom is 0.261 e. The molecule has 6 heteroatoms. The minimum absolute atomic E-state index is 0.150. The fourth-order valence-corrected chi connectivity index (χ4v) is 3.25. The highest BCUT2D eigenvalue weighted by Gasteiger charge is 2.29. The van der Waals surface area contributed by atoms with Crippen LogP contribution < -0.4 is 10.1 Å². The molecule has 0 radical (unpaired) electrons. The van der Waals surface area contributed by atoms with Crippen LogP contribution in [0.2, 0.25) is 5.02 Å². The van der Waals surface area contributed by atoms with Crippen LogP contribution >= 0.6 is 11.6 Å². The van der Waals surface area contributed by atoms with Crippen LogP contribution in [0.5, 0.6) is 5.75 Å². The van der Waals surface area contributed by atoms with E-state index in [1.165, 1.54) is 0 Å². The summed E-state index contributed by atoms with van der Waals surface area (Å²) in [6, 6.07) is 12.4. The Balaban J connectivity index is 2.22. The summed E-state index contributed by atoms with van der Waals surface area (Å²) in [7, 11) is 0. The van der Waals surface area contributed by atoms with Gasteiger partial charge in [0.1, 0.15) is 11.8 Å². The lowest BCUT2D eigenvalue weighted by Gasteiger charge is -2.30. The average Bonchev–Trinajstić information content (AvgIpc) is 2.70. The molecular formula is C23H29ClN2O3. The molecule has 2 amide bonds. The summed E-state index contributed by atoms with van der Waals surface area (Å²) in [5.74, 6) is 0.188. The molecule has 0 bridgehead atoms. The van der Waals surface area contributed by atoms with Crippen LogP contribution in [0.25, 0.3) is 0 Å². The van der Waals surface area contributed by atoms with Crippen molar-refractivity contribution in [3.8, 4) is 5.75 Å². The normalized spacial score (nSPS) is 11.6. The van der Waals surface area contributed by atoms with Crippen molar-refractivity contribution in [3.63, 3.8) is 0 Å². The Labute approximate surface area is 178 Å². The number of nitrogens with one attached hydrogen (secondary N) is 1. The van der Waals surface area contributed by atoms with E-state index in [2.05, 4.69) is 5.32 Å². The van der Waals surface area contributed by atoms with E-state index in [0.29, 0.717) is 23.7 Å². The van der Waals surface area contributed by atoms with Crippen molar-refractivity contribution in [1.29, 1.82) is 0 Å². The van der Waals surface area contributed by atoms with Crippen LogP contribution in [0.3, 0.4) is 0 Å². The Bertz CT molecular complexity index is 854. The van der Waals surface area contributed by atoms with Gasteiger partial charge in [0.25, 0.3) is 5.91 Å². The quantitative estimate of drug-likeness (QED) is 0.663. The number of hydrogen-bond acceptors (Lipinski definition) is 3. The van der Waals surface area contributed by atoms with Crippen molar-refractivity contribution in [2.75, 3.05) is 13.2 Å². The van der Waals surface area contributed by atoms with E-state index >= 15 is 0 Å². The maximum absolute atomic E-state index is 13.1. The standard InChI is InChI=1S/C23H29ClN2O3/c1-5-21(23(28)25-6-2)26(14-18-9-7-8-10-20(18)24)22(27)15-29-19-12-11-16(3)17(4)13-19/h7-13,21H,5-6,14-15H2,1-4H3,(H,25,28)/t21-/m0/s1. The Morgan fingerprint density at radius 1 is 1.10 bits per heavy atom. The Kier molecular flexibility index (Phi) is 8.52. The van der Waals surface area contributed by atoms with Gasteiger partial charge in [-0.05, 0) is 62.1 Å². The Morgan fingerprint density at radius 3 is 2.45 bits per heavy atom. The van der Waals surface area contributed by atoms with Gasteiger partial charge >= 0.3 is 0 Å². The van der Waals surface area contributed by atoms with E-state index in [1.807, 2.05) is 64.1 Å². The molecule has 2 aromatic rings. The number of hydrogen-bond donors (Lipinski definition) is 1. The molecule has 0 fully saturated rings. The van der Waals surface area contributed by atoms with Crippen LogP contribution in [-0.4, -0.2) is 35.9 Å². The lowest BCUT2D eigenvalue weighted by molar-refractivity contribution is -0.142. The van der Waals surface area contributed by atoms with E-state index < -0.39 is 6.04 Å². The number of carbonyl (C=O) groups is 2. The molecule has 0 spiro atoms. The summed E-state index contributed by atoms with van der Waals surface area (Å²) in [5.41, 5.74) is 3.04. The summed E-state index contributed by atoms with van der Waals surface area (Å²) in [6.07, 6.45) is 0.492. The third-order valence-electron chi connectivity index (χ3n) is 4.88. The molecule has 0 aromatic heterocycles. The Morgan fingerprint density at radius 2 is 1.83 bits per heavy atom. The SMILES string of the molecule is CCNC(=O)[C@H](CC)N(Cc1ccccc1Cl)C(=O)COc1ccc(C)c(C)c1. The van der Waals surface area contributed by atoms with Crippen LogP contribution in [0.4, 0.5) is 0 Å². The number of carbonyl (C=O) groups excluding carboxylic acids is 2. The number of ether oxygens (including phenoxy) is 1. The monoisotopic (exact) mass is 416 g/mol. The molecule has 5 nitrogen and oxygen atoms in total. The molecule has 0 saturated carbocycles. The zero-order valence-corrected chi connectivity index (χ0v) is 18.3. The molecule has 0 aliphatic heterocycles. The number of benzene rings is 2. The topological polar surface area (TPSA) is 58.6 Å². The number of halogens is 1. The molecule has 2 rings (SSSR count). The highest BCUT2D eigenvalue weighted by atomic mass is 35.5. The van der Waals surface area contributed by atoms with Crippen LogP contribution in [0.15, 0.2) is 42.5 Å². The van der Waals surface area contributed by atoms with Crippen molar-refractivity contribution < 1.29 is 14.3 Å². The van der Waals surface area contributed by atoms with Gasteiger partial charge in [-0.3, -0.25) is 9.59 Å². The minimum Gasteiger partial charge on any atom is -0.484 e. The summed E-state index contributed by atoms with van der Waals surface area (Å²) < 4.78 is 5.73. The zero-order valence-electron chi connectivity index (χ0n) is 17.5. The van der Waals surface area contributed by atoms with Crippen LogP contribution in [0, 0.1) is 13.8 Å². The average molecular weight is 417 g/mol. The molecule has 0 heterocycles. The van der Waals surface area contributed by atoms with Gasteiger partial charge in [-0.25, -0.2) is 0 Å². The predicted octanol–water partition coefficient (Wildman–Crippen LogP) is 4.28. The lowest BCUT2D eigenvalue weighted by atomic mass is 10.1. The van der Waals surface area contributed by atoms with E-state index in [1.54, 1.807) is 11.0 Å². The molecule has 1 atom stereocenters.